The van der Waals surface area contributed by atoms with Gasteiger partial charge in [-0.25, -0.2) is 4.98 Å². The number of carbonyl (C=O) groups is 1. The minimum atomic E-state index is 0.00812. The maximum Gasteiger partial charge on any atom is 0.222 e. The minimum Gasteiger partial charge on any atom is -0.350 e. The van der Waals surface area contributed by atoms with Crippen LogP contribution < -0.4 is 5.32 Å². The van der Waals surface area contributed by atoms with E-state index >= 15 is 0 Å². The quantitative estimate of drug-likeness (QED) is 0.877. The average molecular weight is 231 g/mol. The van der Waals surface area contributed by atoms with Crippen molar-refractivity contribution in [3.8, 4) is 0 Å². The summed E-state index contributed by atoms with van der Waals surface area (Å²) in [6.45, 7) is 6.27. The van der Waals surface area contributed by atoms with E-state index in [0.717, 1.165) is 16.9 Å². The molecule has 0 aliphatic heterocycles. The number of imidazole rings is 1. The van der Waals surface area contributed by atoms with Crippen molar-refractivity contribution in [1.29, 1.82) is 0 Å². The second-order valence-electron chi connectivity index (χ2n) is 4.53. The van der Waals surface area contributed by atoms with Crippen LogP contribution in [-0.4, -0.2) is 15.3 Å². The Balaban J connectivity index is 2.15. The molecule has 4 nitrogen and oxygen atoms in total. The Hall–Kier alpha value is -1.84. The van der Waals surface area contributed by atoms with Crippen LogP contribution in [0.4, 0.5) is 0 Å². The summed E-state index contributed by atoms with van der Waals surface area (Å²) in [7, 11) is 0. The van der Waals surface area contributed by atoms with E-state index in [1.54, 1.807) is 0 Å². The van der Waals surface area contributed by atoms with Gasteiger partial charge in [-0.05, 0) is 18.6 Å². The van der Waals surface area contributed by atoms with Gasteiger partial charge in [0.15, 0.2) is 0 Å². The van der Waals surface area contributed by atoms with E-state index in [0.29, 0.717) is 6.54 Å². The molecule has 2 rings (SSSR count). The molecule has 0 spiro atoms. The first kappa shape index (κ1) is 11.6. The number of pyridine rings is 1. The van der Waals surface area contributed by atoms with Crippen LogP contribution >= 0.6 is 0 Å². The number of amides is 1. The Kier molecular flexibility index (Phi) is 3.13. The highest BCUT2D eigenvalue weighted by molar-refractivity contribution is 5.77. The van der Waals surface area contributed by atoms with Crippen LogP contribution in [0.2, 0.25) is 0 Å². The predicted octanol–water partition coefficient (Wildman–Crippen LogP) is 1.91. The van der Waals surface area contributed by atoms with Gasteiger partial charge in [0, 0.05) is 18.3 Å². The molecule has 0 atom stereocenters. The van der Waals surface area contributed by atoms with Gasteiger partial charge in [0.25, 0.3) is 0 Å². The molecular formula is C13H17N3O. The maximum atomic E-state index is 11.5. The van der Waals surface area contributed by atoms with E-state index in [1.807, 2.05) is 49.7 Å². The van der Waals surface area contributed by atoms with Crippen LogP contribution in [0.1, 0.15) is 25.1 Å². The Labute approximate surface area is 101 Å². The minimum absolute atomic E-state index is 0.00812. The van der Waals surface area contributed by atoms with E-state index in [-0.39, 0.29) is 11.8 Å². The zero-order chi connectivity index (χ0) is 12.4. The van der Waals surface area contributed by atoms with Gasteiger partial charge in [-0.2, -0.15) is 0 Å². The van der Waals surface area contributed by atoms with E-state index in [4.69, 9.17) is 0 Å². The van der Waals surface area contributed by atoms with Crippen molar-refractivity contribution in [2.75, 3.05) is 0 Å². The van der Waals surface area contributed by atoms with Crippen molar-refractivity contribution < 1.29 is 4.79 Å². The normalized spacial score (nSPS) is 11.1. The third kappa shape index (κ3) is 2.46. The SMILES string of the molecule is Cc1cccn2cc(CNC(=O)C(C)C)nc12. The highest BCUT2D eigenvalue weighted by Crippen LogP contribution is 2.09. The summed E-state index contributed by atoms with van der Waals surface area (Å²) in [5.74, 6) is 0.0625. The summed E-state index contributed by atoms with van der Waals surface area (Å²) in [6.07, 6.45) is 3.91. The number of hydrogen-bond acceptors (Lipinski definition) is 2. The summed E-state index contributed by atoms with van der Waals surface area (Å²) in [5.41, 5.74) is 2.96. The number of nitrogens with one attached hydrogen (secondary N) is 1. The first-order valence-electron chi connectivity index (χ1n) is 5.79. The lowest BCUT2D eigenvalue weighted by atomic mass is 10.2. The zero-order valence-electron chi connectivity index (χ0n) is 10.4. The number of fused-ring (bicyclic) bond motifs is 1. The first-order chi connectivity index (χ1) is 8.08. The lowest BCUT2D eigenvalue weighted by molar-refractivity contribution is -0.124. The van der Waals surface area contributed by atoms with Crippen molar-refractivity contribution in [3.05, 3.63) is 35.8 Å². The van der Waals surface area contributed by atoms with E-state index in [1.165, 1.54) is 0 Å². The van der Waals surface area contributed by atoms with Crippen molar-refractivity contribution in [2.24, 2.45) is 5.92 Å². The van der Waals surface area contributed by atoms with Crippen molar-refractivity contribution in [3.63, 3.8) is 0 Å². The Morgan fingerprint density at radius 1 is 1.53 bits per heavy atom. The van der Waals surface area contributed by atoms with Gasteiger partial charge in [0.1, 0.15) is 5.65 Å². The molecule has 2 heterocycles. The van der Waals surface area contributed by atoms with Crippen molar-refractivity contribution in [2.45, 2.75) is 27.3 Å². The maximum absolute atomic E-state index is 11.5. The molecule has 0 aliphatic carbocycles. The van der Waals surface area contributed by atoms with E-state index in [2.05, 4.69) is 10.3 Å². The summed E-state index contributed by atoms with van der Waals surface area (Å²) in [5, 5.41) is 2.86. The molecule has 0 aromatic carbocycles. The summed E-state index contributed by atoms with van der Waals surface area (Å²) in [4.78, 5) is 15.9. The monoisotopic (exact) mass is 231 g/mol. The van der Waals surface area contributed by atoms with Gasteiger partial charge in [0.2, 0.25) is 5.91 Å². The van der Waals surface area contributed by atoms with Crippen LogP contribution in [0.25, 0.3) is 5.65 Å². The molecule has 90 valence electrons. The highest BCUT2D eigenvalue weighted by atomic mass is 16.1. The van der Waals surface area contributed by atoms with Crippen LogP contribution in [0.3, 0.4) is 0 Å². The van der Waals surface area contributed by atoms with Crippen LogP contribution in [0.5, 0.6) is 0 Å². The molecule has 0 saturated carbocycles. The molecule has 0 aliphatic rings. The number of rotatable bonds is 3. The molecule has 1 amide bonds. The second kappa shape index (κ2) is 4.57. The second-order valence-corrected chi connectivity index (χ2v) is 4.53. The third-order valence-electron chi connectivity index (χ3n) is 2.70. The zero-order valence-corrected chi connectivity index (χ0v) is 10.4. The van der Waals surface area contributed by atoms with E-state index in [9.17, 15) is 4.79 Å². The molecule has 4 heteroatoms. The Bertz CT molecular complexity index is 543. The smallest absolute Gasteiger partial charge is 0.222 e. The molecule has 0 unspecified atom stereocenters. The molecule has 17 heavy (non-hydrogen) atoms. The molecule has 0 saturated heterocycles. The fraction of sp³-hybridized carbons (Fsp3) is 0.385. The molecule has 0 bridgehead atoms. The Morgan fingerprint density at radius 3 is 2.94 bits per heavy atom. The van der Waals surface area contributed by atoms with Crippen LogP contribution in [-0.2, 0) is 11.3 Å². The summed E-state index contributed by atoms with van der Waals surface area (Å²) in [6, 6.07) is 4.01. The number of nitrogens with zero attached hydrogens (tertiary/aromatic N) is 2. The van der Waals surface area contributed by atoms with Gasteiger partial charge in [-0.3, -0.25) is 4.79 Å². The standard InChI is InChI=1S/C13H17N3O/c1-9(2)13(17)14-7-11-8-16-6-4-5-10(3)12(16)15-11/h4-6,8-9H,7H2,1-3H3,(H,14,17). The Morgan fingerprint density at radius 2 is 2.29 bits per heavy atom. The highest BCUT2D eigenvalue weighted by Gasteiger charge is 2.08. The fourth-order valence-electron chi connectivity index (χ4n) is 1.67. The molecule has 1 N–H and O–H groups in total. The van der Waals surface area contributed by atoms with E-state index < -0.39 is 0 Å². The summed E-state index contributed by atoms with van der Waals surface area (Å²) < 4.78 is 1.98. The first-order valence-corrected chi connectivity index (χ1v) is 5.79. The molecule has 2 aromatic heterocycles. The van der Waals surface area contributed by atoms with Gasteiger partial charge < -0.3 is 9.72 Å². The number of carbonyl (C=O) groups excluding carboxylic acids is 1. The largest absolute Gasteiger partial charge is 0.350 e. The van der Waals surface area contributed by atoms with Gasteiger partial charge >= 0.3 is 0 Å². The number of hydrogen-bond donors (Lipinski definition) is 1. The van der Waals surface area contributed by atoms with Gasteiger partial charge in [0.05, 0.1) is 12.2 Å². The number of aryl methyl sites for hydroxylation is 1. The molecule has 0 radical (unpaired) electrons. The van der Waals surface area contributed by atoms with Crippen LogP contribution in [0, 0.1) is 12.8 Å². The van der Waals surface area contributed by atoms with Gasteiger partial charge in [-0.1, -0.05) is 19.9 Å². The number of aromatic nitrogens is 2. The van der Waals surface area contributed by atoms with Gasteiger partial charge in [-0.15, -0.1) is 0 Å². The molecule has 0 fully saturated rings. The molecular weight excluding hydrogens is 214 g/mol. The lowest BCUT2D eigenvalue weighted by Crippen LogP contribution is -2.27. The topological polar surface area (TPSA) is 46.4 Å². The lowest BCUT2D eigenvalue weighted by Gasteiger charge is -2.04. The molecule has 2 aromatic rings. The van der Waals surface area contributed by atoms with Crippen molar-refractivity contribution in [1.82, 2.24) is 14.7 Å². The predicted molar refractivity (Wildman–Crippen MR) is 66.6 cm³/mol. The fourth-order valence-corrected chi connectivity index (χ4v) is 1.67. The average Bonchev–Trinajstić information content (AvgIpc) is 2.70. The summed E-state index contributed by atoms with van der Waals surface area (Å²) >= 11 is 0. The van der Waals surface area contributed by atoms with Crippen LogP contribution in [0.15, 0.2) is 24.5 Å². The third-order valence-corrected chi connectivity index (χ3v) is 2.70. The van der Waals surface area contributed by atoms with Crippen molar-refractivity contribution >= 4 is 11.6 Å².